The van der Waals surface area contributed by atoms with Gasteiger partial charge >= 0.3 is 0 Å². The number of carbonyl (C=O) groups excluding carboxylic acids is 1. The Morgan fingerprint density at radius 1 is 0.920 bits per heavy atom. The summed E-state index contributed by atoms with van der Waals surface area (Å²) in [4.78, 5) is 15.3. The van der Waals surface area contributed by atoms with E-state index in [4.69, 9.17) is 28.9 Å². The van der Waals surface area contributed by atoms with Crippen LogP contribution in [0.3, 0.4) is 0 Å². The second kappa shape index (κ2) is 5.80. The standard InChI is InChI=1S/C20H14Cl2N2O/c1-10-2-5-18-13(6-10)14-7-12(8-15(20(23)25)19(14)24-18)11-3-4-16(21)17(22)9-11/h2-9,24H,1H3,(H2,23,25). The first-order valence-electron chi connectivity index (χ1n) is 7.75. The summed E-state index contributed by atoms with van der Waals surface area (Å²) in [5.41, 5.74) is 10.7. The number of rotatable bonds is 2. The number of benzene rings is 3. The summed E-state index contributed by atoms with van der Waals surface area (Å²) in [7, 11) is 0. The highest BCUT2D eigenvalue weighted by Crippen LogP contribution is 2.35. The van der Waals surface area contributed by atoms with E-state index >= 15 is 0 Å². The summed E-state index contributed by atoms with van der Waals surface area (Å²) in [6, 6.07) is 15.4. The van der Waals surface area contributed by atoms with Gasteiger partial charge in [0.25, 0.3) is 5.91 Å². The van der Waals surface area contributed by atoms with Gasteiger partial charge in [-0.15, -0.1) is 0 Å². The van der Waals surface area contributed by atoms with Gasteiger partial charge in [0, 0.05) is 16.3 Å². The number of carbonyl (C=O) groups is 1. The topological polar surface area (TPSA) is 58.9 Å². The van der Waals surface area contributed by atoms with Crippen molar-refractivity contribution in [1.29, 1.82) is 0 Å². The second-order valence-electron chi connectivity index (χ2n) is 6.11. The number of halogens is 2. The Balaban J connectivity index is 2.08. The number of hydrogen-bond acceptors (Lipinski definition) is 1. The van der Waals surface area contributed by atoms with Gasteiger partial charge in [0.1, 0.15) is 0 Å². The minimum atomic E-state index is -0.477. The summed E-state index contributed by atoms with van der Waals surface area (Å²) < 4.78 is 0. The molecule has 0 aliphatic rings. The number of primary amides is 1. The smallest absolute Gasteiger partial charge is 0.250 e. The predicted octanol–water partition coefficient (Wildman–Crippen LogP) is 5.70. The number of nitrogens with one attached hydrogen (secondary N) is 1. The fourth-order valence-corrected chi connectivity index (χ4v) is 3.45. The molecule has 4 rings (SSSR count). The van der Waals surface area contributed by atoms with Gasteiger partial charge in [-0.05, 0) is 54.4 Å². The zero-order valence-electron chi connectivity index (χ0n) is 13.4. The molecule has 0 unspecified atom stereocenters. The SMILES string of the molecule is Cc1ccc2[nH]c3c(C(N)=O)cc(-c4ccc(Cl)c(Cl)c4)cc3c2c1. The first kappa shape index (κ1) is 16.0. The van der Waals surface area contributed by atoms with Crippen molar-refractivity contribution >= 4 is 50.9 Å². The zero-order chi connectivity index (χ0) is 17.7. The Bertz CT molecular complexity index is 1160. The van der Waals surface area contributed by atoms with Crippen LogP contribution >= 0.6 is 23.2 Å². The molecule has 5 heteroatoms. The minimum absolute atomic E-state index is 0.451. The van der Waals surface area contributed by atoms with Crippen LogP contribution in [0.5, 0.6) is 0 Å². The van der Waals surface area contributed by atoms with Gasteiger partial charge in [-0.3, -0.25) is 4.79 Å². The van der Waals surface area contributed by atoms with Gasteiger partial charge in [-0.2, -0.15) is 0 Å². The maximum atomic E-state index is 12.0. The van der Waals surface area contributed by atoms with Gasteiger partial charge in [0.15, 0.2) is 0 Å². The third kappa shape index (κ3) is 2.66. The average Bonchev–Trinajstić information content (AvgIpc) is 2.94. The summed E-state index contributed by atoms with van der Waals surface area (Å²) >= 11 is 12.2. The van der Waals surface area contributed by atoms with E-state index in [1.165, 1.54) is 0 Å². The number of aryl methyl sites for hydroxylation is 1. The Labute approximate surface area is 154 Å². The van der Waals surface area contributed by atoms with Gasteiger partial charge in [0.05, 0.1) is 21.1 Å². The highest BCUT2D eigenvalue weighted by molar-refractivity contribution is 6.42. The maximum Gasteiger partial charge on any atom is 0.250 e. The Hall–Kier alpha value is -2.49. The lowest BCUT2D eigenvalue weighted by molar-refractivity contribution is 0.100. The van der Waals surface area contributed by atoms with Crippen LogP contribution in [0.4, 0.5) is 0 Å². The fraction of sp³-hybridized carbons (Fsp3) is 0.0500. The van der Waals surface area contributed by atoms with Gasteiger partial charge in [-0.1, -0.05) is 40.9 Å². The molecule has 124 valence electrons. The van der Waals surface area contributed by atoms with E-state index in [1.54, 1.807) is 18.2 Å². The number of amides is 1. The van der Waals surface area contributed by atoms with Crippen LogP contribution in [0.25, 0.3) is 32.9 Å². The third-order valence-corrected chi connectivity index (χ3v) is 5.12. The molecular weight excluding hydrogens is 355 g/mol. The summed E-state index contributed by atoms with van der Waals surface area (Å²) in [6.45, 7) is 2.04. The lowest BCUT2D eigenvalue weighted by Gasteiger charge is -2.07. The minimum Gasteiger partial charge on any atom is -0.366 e. The van der Waals surface area contributed by atoms with Crippen molar-refractivity contribution < 1.29 is 4.79 Å². The van der Waals surface area contributed by atoms with E-state index in [9.17, 15) is 4.79 Å². The molecule has 0 atom stereocenters. The van der Waals surface area contributed by atoms with Crippen LogP contribution in [-0.2, 0) is 0 Å². The van der Waals surface area contributed by atoms with E-state index < -0.39 is 5.91 Å². The Morgan fingerprint density at radius 3 is 2.44 bits per heavy atom. The monoisotopic (exact) mass is 368 g/mol. The third-order valence-electron chi connectivity index (χ3n) is 4.38. The van der Waals surface area contributed by atoms with Crippen molar-refractivity contribution in [1.82, 2.24) is 4.98 Å². The number of hydrogen-bond donors (Lipinski definition) is 2. The van der Waals surface area contributed by atoms with Crippen LogP contribution < -0.4 is 5.73 Å². The van der Waals surface area contributed by atoms with E-state index in [0.717, 1.165) is 38.5 Å². The Morgan fingerprint density at radius 2 is 1.72 bits per heavy atom. The molecule has 3 N–H and O–H groups in total. The molecule has 4 aromatic rings. The lowest BCUT2D eigenvalue weighted by Crippen LogP contribution is -2.11. The summed E-state index contributed by atoms with van der Waals surface area (Å²) in [6.07, 6.45) is 0. The molecule has 0 spiro atoms. The van der Waals surface area contributed by atoms with Gasteiger partial charge in [-0.25, -0.2) is 0 Å². The first-order chi connectivity index (χ1) is 11.9. The molecule has 0 saturated heterocycles. The van der Waals surface area contributed by atoms with Gasteiger partial charge < -0.3 is 10.7 Å². The zero-order valence-corrected chi connectivity index (χ0v) is 14.9. The van der Waals surface area contributed by atoms with E-state index in [1.807, 2.05) is 31.2 Å². The van der Waals surface area contributed by atoms with E-state index in [-0.39, 0.29) is 0 Å². The molecule has 25 heavy (non-hydrogen) atoms. The molecule has 0 fully saturated rings. The largest absolute Gasteiger partial charge is 0.366 e. The van der Waals surface area contributed by atoms with Crippen LogP contribution in [-0.4, -0.2) is 10.9 Å². The molecule has 0 aliphatic carbocycles. The fourth-order valence-electron chi connectivity index (χ4n) is 3.15. The van der Waals surface area contributed by atoms with Crippen LogP contribution in [0.1, 0.15) is 15.9 Å². The van der Waals surface area contributed by atoms with Crippen molar-refractivity contribution in [3.8, 4) is 11.1 Å². The molecule has 0 bridgehead atoms. The van der Waals surface area contributed by atoms with Crippen molar-refractivity contribution in [3.05, 3.63) is 69.7 Å². The molecule has 0 aliphatic heterocycles. The molecule has 3 aromatic carbocycles. The molecule has 1 heterocycles. The highest BCUT2D eigenvalue weighted by Gasteiger charge is 2.15. The van der Waals surface area contributed by atoms with E-state index in [2.05, 4.69) is 11.1 Å². The molecular formula is C20H14Cl2N2O. The summed E-state index contributed by atoms with van der Waals surface area (Å²) in [5, 5.41) is 2.97. The van der Waals surface area contributed by atoms with Crippen molar-refractivity contribution in [2.45, 2.75) is 6.92 Å². The molecule has 1 aromatic heterocycles. The van der Waals surface area contributed by atoms with Gasteiger partial charge in [0.2, 0.25) is 0 Å². The predicted molar refractivity (Wildman–Crippen MR) is 105 cm³/mol. The highest BCUT2D eigenvalue weighted by atomic mass is 35.5. The molecule has 3 nitrogen and oxygen atoms in total. The molecule has 0 saturated carbocycles. The summed E-state index contributed by atoms with van der Waals surface area (Å²) in [5.74, 6) is -0.477. The number of H-pyrrole nitrogens is 1. The number of aromatic nitrogens is 1. The normalized spacial score (nSPS) is 11.3. The second-order valence-corrected chi connectivity index (χ2v) is 6.93. The van der Waals surface area contributed by atoms with Crippen LogP contribution in [0.15, 0.2) is 48.5 Å². The van der Waals surface area contributed by atoms with E-state index in [0.29, 0.717) is 15.6 Å². The number of aromatic amines is 1. The quantitative estimate of drug-likeness (QED) is 0.468. The maximum absolute atomic E-state index is 12.0. The van der Waals surface area contributed by atoms with Crippen molar-refractivity contribution in [2.24, 2.45) is 5.73 Å². The lowest BCUT2D eigenvalue weighted by atomic mass is 9.98. The molecule has 1 amide bonds. The molecule has 0 radical (unpaired) electrons. The van der Waals surface area contributed by atoms with Crippen molar-refractivity contribution in [2.75, 3.05) is 0 Å². The van der Waals surface area contributed by atoms with Crippen LogP contribution in [0, 0.1) is 6.92 Å². The van der Waals surface area contributed by atoms with Crippen molar-refractivity contribution in [3.63, 3.8) is 0 Å². The number of fused-ring (bicyclic) bond motifs is 3. The Kier molecular flexibility index (Phi) is 3.71. The number of nitrogens with two attached hydrogens (primary N) is 1. The first-order valence-corrected chi connectivity index (χ1v) is 8.51. The average molecular weight is 369 g/mol. The van der Waals surface area contributed by atoms with Crippen LogP contribution in [0.2, 0.25) is 10.0 Å².